The maximum absolute atomic E-state index is 11.5. The zero-order chi connectivity index (χ0) is 24.9. The number of hydrogen-bond donors (Lipinski definition) is 2. The molecule has 8 nitrogen and oxygen atoms in total. The highest BCUT2D eigenvalue weighted by atomic mass is 16.4. The van der Waals surface area contributed by atoms with Crippen LogP contribution in [-0.4, -0.2) is 120 Å². The Bertz CT molecular complexity index is 743. The molecule has 0 radical (unpaired) electrons. The molecule has 3 unspecified atom stereocenters. The summed E-state index contributed by atoms with van der Waals surface area (Å²) in [6.45, 7) is 14.7. The molecule has 0 aliphatic carbocycles. The lowest BCUT2D eigenvalue weighted by molar-refractivity contribution is -0.139. The number of hydrogen-bond acceptors (Lipinski definition) is 6. The highest BCUT2D eigenvalue weighted by Crippen LogP contribution is 2.16. The highest BCUT2D eigenvalue weighted by molar-refractivity contribution is 5.69. The van der Waals surface area contributed by atoms with Gasteiger partial charge in [0.25, 0.3) is 0 Å². The fourth-order valence-electron chi connectivity index (χ4n) is 4.86. The molecule has 192 valence electrons. The second-order valence-electron chi connectivity index (χ2n) is 9.35. The van der Waals surface area contributed by atoms with E-state index in [2.05, 4.69) is 50.8 Å². The van der Waals surface area contributed by atoms with Crippen molar-refractivity contribution in [2.75, 3.05) is 78.5 Å². The molecule has 2 bridgehead atoms. The Kier molecular flexibility index (Phi) is 12.5. The second kappa shape index (κ2) is 15.1. The molecule has 2 aliphatic rings. The van der Waals surface area contributed by atoms with Gasteiger partial charge < -0.3 is 20.0 Å². The van der Waals surface area contributed by atoms with Crippen molar-refractivity contribution in [3.63, 3.8) is 0 Å². The molecular weight excluding hydrogens is 432 g/mol. The molecule has 1 aromatic carbocycles. The summed E-state index contributed by atoms with van der Waals surface area (Å²) in [7, 11) is 0. The van der Waals surface area contributed by atoms with Gasteiger partial charge in [-0.15, -0.1) is 0 Å². The average Bonchev–Trinajstić information content (AvgIpc) is 2.80. The van der Waals surface area contributed by atoms with Crippen LogP contribution >= 0.6 is 0 Å². The first-order valence-electron chi connectivity index (χ1n) is 12.8. The Morgan fingerprint density at radius 2 is 1.32 bits per heavy atom. The minimum Gasteiger partial charge on any atom is -0.480 e. The van der Waals surface area contributed by atoms with Gasteiger partial charge in [-0.05, 0) is 37.8 Å². The quantitative estimate of drug-likeness (QED) is 0.645. The van der Waals surface area contributed by atoms with Crippen molar-refractivity contribution in [3.05, 3.63) is 35.4 Å². The molecule has 2 N–H and O–H groups in total. The van der Waals surface area contributed by atoms with Crippen LogP contribution in [-0.2, 0) is 16.0 Å². The molecule has 0 spiro atoms. The first kappa shape index (κ1) is 28.2. The van der Waals surface area contributed by atoms with Gasteiger partial charge >= 0.3 is 11.9 Å². The Labute approximate surface area is 205 Å². The van der Waals surface area contributed by atoms with Gasteiger partial charge in [0.15, 0.2) is 0 Å². The lowest BCUT2D eigenvalue weighted by atomic mass is 9.96. The fraction of sp³-hybridized carbons (Fsp3) is 0.692. The first-order chi connectivity index (χ1) is 16.4. The van der Waals surface area contributed by atoms with E-state index in [0.29, 0.717) is 5.92 Å². The number of aliphatic carboxylic acids is 2. The summed E-state index contributed by atoms with van der Waals surface area (Å²) in [5.41, 5.74) is 2.52. The van der Waals surface area contributed by atoms with Crippen LogP contribution < -0.4 is 0 Å². The third kappa shape index (κ3) is 10.5. The number of nitrogens with zero attached hydrogens (tertiary/aromatic N) is 4. The molecule has 2 heterocycles. The van der Waals surface area contributed by atoms with Gasteiger partial charge in [0, 0.05) is 58.9 Å². The average molecular weight is 477 g/mol. The Morgan fingerprint density at radius 3 is 2.00 bits per heavy atom. The van der Waals surface area contributed by atoms with E-state index in [4.69, 9.17) is 0 Å². The van der Waals surface area contributed by atoms with Crippen molar-refractivity contribution in [2.45, 2.75) is 33.6 Å². The predicted molar refractivity (Wildman–Crippen MR) is 135 cm³/mol. The highest BCUT2D eigenvalue weighted by Gasteiger charge is 2.24. The van der Waals surface area contributed by atoms with Gasteiger partial charge in [-0.1, -0.05) is 43.7 Å². The molecule has 34 heavy (non-hydrogen) atoms. The summed E-state index contributed by atoms with van der Waals surface area (Å²) >= 11 is 0. The van der Waals surface area contributed by atoms with Crippen LogP contribution in [0.15, 0.2) is 24.3 Å². The monoisotopic (exact) mass is 476 g/mol. The molecular formula is C26H44N4O4. The van der Waals surface area contributed by atoms with Crippen LogP contribution in [0, 0.1) is 12.8 Å². The van der Waals surface area contributed by atoms with Gasteiger partial charge in [0.2, 0.25) is 0 Å². The summed E-state index contributed by atoms with van der Waals surface area (Å²) in [5, 5.41) is 18.7. The Balaban J connectivity index is 0.00000199. The van der Waals surface area contributed by atoms with Gasteiger partial charge in [0.1, 0.15) is 0 Å². The summed E-state index contributed by atoms with van der Waals surface area (Å²) in [5.74, 6) is -1.22. The summed E-state index contributed by atoms with van der Waals surface area (Å²) in [6.07, 6.45) is 1.84. The summed E-state index contributed by atoms with van der Waals surface area (Å²) in [6, 6.07) is 8.62. The molecule has 3 rings (SSSR count). The van der Waals surface area contributed by atoms with Crippen molar-refractivity contribution in [3.8, 4) is 0 Å². The topological polar surface area (TPSA) is 87.6 Å². The fourth-order valence-corrected chi connectivity index (χ4v) is 4.86. The molecule has 0 saturated carbocycles. The third-order valence-electron chi connectivity index (χ3n) is 6.54. The number of rotatable bonds is 6. The molecule has 8 heteroatoms. The molecule has 3 atom stereocenters. The van der Waals surface area contributed by atoms with Crippen molar-refractivity contribution >= 4 is 11.9 Å². The van der Waals surface area contributed by atoms with Gasteiger partial charge in [0.05, 0.1) is 13.1 Å². The van der Waals surface area contributed by atoms with E-state index in [1.54, 1.807) is 0 Å². The molecule has 2 aliphatic heterocycles. The largest absolute Gasteiger partial charge is 0.480 e. The molecule has 2 saturated heterocycles. The van der Waals surface area contributed by atoms with E-state index in [9.17, 15) is 19.8 Å². The van der Waals surface area contributed by atoms with Crippen LogP contribution in [0.25, 0.3) is 0 Å². The van der Waals surface area contributed by atoms with Gasteiger partial charge in [-0.25, -0.2) is 0 Å². The smallest absolute Gasteiger partial charge is 0.317 e. The van der Waals surface area contributed by atoms with Crippen LogP contribution in [0.4, 0.5) is 0 Å². The molecule has 1 aromatic rings. The number of carboxylic acid groups (broad SMARTS) is 2. The van der Waals surface area contributed by atoms with Crippen molar-refractivity contribution in [1.82, 2.24) is 19.6 Å². The zero-order valence-corrected chi connectivity index (χ0v) is 21.3. The third-order valence-corrected chi connectivity index (χ3v) is 6.54. The maximum atomic E-state index is 11.5. The van der Waals surface area contributed by atoms with Crippen molar-refractivity contribution in [2.24, 2.45) is 5.92 Å². The van der Waals surface area contributed by atoms with E-state index in [-0.39, 0.29) is 13.1 Å². The van der Waals surface area contributed by atoms with E-state index >= 15 is 0 Å². The number of fused-ring (bicyclic) bond motifs is 3. The minimum absolute atomic E-state index is 0.0740. The van der Waals surface area contributed by atoms with Crippen LogP contribution in [0.3, 0.4) is 0 Å². The normalized spacial score (nSPS) is 25.1. The number of benzene rings is 1. The summed E-state index contributed by atoms with van der Waals surface area (Å²) in [4.78, 5) is 31.8. The summed E-state index contributed by atoms with van der Waals surface area (Å²) < 4.78 is 0. The van der Waals surface area contributed by atoms with Gasteiger partial charge in [-0.3, -0.25) is 19.4 Å². The van der Waals surface area contributed by atoms with Gasteiger partial charge in [-0.2, -0.15) is 0 Å². The minimum atomic E-state index is -0.773. The van der Waals surface area contributed by atoms with Crippen molar-refractivity contribution in [1.29, 1.82) is 0 Å². The molecule has 0 aromatic heterocycles. The number of aryl methyl sites for hydroxylation is 1. The van der Waals surface area contributed by atoms with E-state index in [0.717, 1.165) is 78.3 Å². The number of carboxylic acids is 2. The SMILES string of the molecule is CC.Cc1ccc(CC2CN3CCN(CCCN(CC(=O)O)CC3)CCN(CC(=O)O)C2)cc1. The predicted octanol–water partition coefficient (Wildman–Crippen LogP) is 1.97. The van der Waals surface area contributed by atoms with Crippen molar-refractivity contribution < 1.29 is 19.8 Å². The van der Waals surface area contributed by atoms with Crippen LogP contribution in [0.1, 0.15) is 31.4 Å². The standard InChI is InChI=1S/C24H38N4O4.C2H6/c1-20-3-5-21(6-4-20)15-22-16-27-11-9-25(10-14-28(17-22)19-24(31)32)7-2-8-26(12-13-27)18-23(29)30;1-2/h3-6,22H,2,7-19H2,1H3,(H,29,30)(H,31,32);1-2H3. The van der Waals surface area contributed by atoms with E-state index in [1.807, 2.05) is 13.8 Å². The second-order valence-corrected chi connectivity index (χ2v) is 9.35. The number of carbonyl (C=O) groups is 2. The lowest BCUT2D eigenvalue weighted by Crippen LogP contribution is -2.50. The van der Waals surface area contributed by atoms with Crippen LogP contribution in [0.5, 0.6) is 0 Å². The zero-order valence-electron chi connectivity index (χ0n) is 21.3. The van der Waals surface area contributed by atoms with E-state index in [1.165, 1.54) is 11.1 Å². The van der Waals surface area contributed by atoms with E-state index < -0.39 is 11.9 Å². The Hall–Kier alpha value is -2.00. The Morgan fingerprint density at radius 1 is 0.765 bits per heavy atom. The molecule has 0 amide bonds. The molecule has 2 fully saturated rings. The maximum Gasteiger partial charge on any atom is 0.317 e. The van der Waals surface area contributed by atoms with Crippen LogP contribution in [0.2, 0.25) is 0 Å². The lowest BCUT2D eigenvalue weighted by Gasteiger charge is -2.38. The first-order valence-corrected chi connectivity index (χ1v) is 12.8.